The Labute approximate surface area is 120 Å². The van der Waals surface area contributed by atoms with Crippen LogP contribution in [0.4, 0.5) is 17.1 Å². The van der Waals surface area contributed by atoms with Crippen LogP contribution in [0.25, 0.3) is 0 Å². The van der Waals surface area contributed by atoms with Gasteiger partial charge in [0.15, 0.2) is 0 Å². The van der Waals surface area contributed by atoms with Crippen LogP contribution in [0.3, 0.4) is 0 Å². The highest BCUT2D eigenvalue weighted by Crippen LogP contribution is 2.38. The molecule has 0 amide bonds. The third kappa shape index (κ3) is 2.20. The Morgan fingerprint density at radius 3 is 2.70 bits per heavy atom. The molecule has 20 heavy (non-hydrogen) atoms. The first kappa shape index (κ1) is 12.9. The minimum atomic E-state index is 0.617. The first-order valence-corrected chi connectivity index (χ1v) is 6.98. The number of hydrogen-bond acceptors (Lipinski definition) is 3. The number of fused-ring (bicyclic) bond motifs is 1. The number of rotatable bonds is 2. The van der Waals surface area contributed by atoms with Crippen LogP contribution >= 0.6 is 0 Å². The molecule has 2 N–H and O–H groups in total. The fourth-order valence-electron chi connectivity index (χ4n) is 2.93. The lowest BCUT2D eigenvalue weighted by atomic mass is 9.93. The summed E-state index contributed by atoms with van der Waals surface area (Å²) in [4.78, 5) is 2.32. The summed E-state index contributed by atoms with van der Waals surface area (Å²) in [5.74, 6) is 1.41. The van der Waals surface area contributed by atoms with E-state index in [-0.39, 0.29) is 0 Å². The van der Waals surface area contributed by atoms with E-state index in [0.717, 1.165) is 30.1 Å². The van der Waals surface area contributed by atoms with Crippen LogP contribution in [0.2, 0.25) is 0 Å². The SMILES string of the molecule is COc1ccc(N2CC(C)Cc3ccccc32)c(N)c1. The molecule has 1 atom stereocenters. The molecular formula is C17H20N2O. The minimum absolute atomic E-state index is 0.617. The highest BCUT2D eigenvalue weighted by molar-refractivity contribution is 5.78. The van der Waals surface area contributed by atoms with E-state index in [9.17, 15) is 0 Å². The van der Waals surface area contributed by atoms with Gasteiger partial charge in [-0.2, -0.15) is 0 Å². The Kier molecular flexibility index (Phi) is 3.26. The van der Waals surface area contributed by atoms with Crippen LogP contribution < -0.4 is 15.4 Å². The molecule has 0 fully saturated rings. The van der Waals surface area contributed by atoms with Crippen molar-refractivity contribution in [3.63, 3.8) is 0 Å². The lowest BCUT2D eigenvalue weighted by molar-refractivity contribution is 0.415. The average molecular weight is 268 g/mol. The molecule has 0 aromatic heterocycles. The number of nitrogen functional groups attached to an aromatic ring is 1. The maximum absolute atomic E-state index is 6.21. The molecule has 0 saturated carbocycles. The van der Waals surface area contributed by atoms with Gasteiger partial charge in [-0.05, 0) is 36.1 Å². The van der Waals surface area contributed by atoms with Crippen LogP contribution in [-0.2, 0) is 6.42 Å². The van der Waals surface area contributed by atoms with Gasteiger partial charge < -0.3 is 15.4 Å². The lowest BCUT2D eigenvalue weighted by Crippen LogP contribution is -2.30. The van der Waals surface area contributed by atoms with E-state index in [1.54, 1.807) is 7.11 Å². The van der Waals surface area contributed by atoms with Crippen LogP contribution in [0.1, 0.15) is 12.5 Å². The second-order valence-corrected chi connectivity index (χ2v) is 5.47. The van der Waals surface area contributed by atoms with E-state index in [0.29, 0.717) is 5.92 Å². The molecule has 0 saturated heterocycles. The summed E-state index contributed by atoms with van der Waals surface area (Å²) in [7, 11) is 1.66. The Morgan fingerprint density at radius 1 is 1.15 bits per heavy atom. The Balaban J connectivity index is 2.06. The van der Waals surface area contributed by atoms with E-state index < -0.39 is 0 Å². The largest absolute Gasteiger partial charge is 0.497 e. The molecule has 0 spiro atoms. The molecule has 1 heterocycles. The summed E-state index contributed by atoms with van der Waals surface area (Å²) in [5.41, 5.74) is 10.7. The van der Waals surface area contributed by atoms with Gasteiger partial charge in [-0.3, -0.25) is 0 Å². The maximum Gasteiger partial charge on any atom is 0.121 e. The summed E-state index contributed by atoms with van der Waals surface area (Å²) >= 11 is 0. The van der Waals surface area contributed by atoms with Crippen LogP contribution in [-0.4, -0.2) is 13.7 Å². The van der Waals surface area contributed by atoms with Gasteiger partial charge in [0, 0.05) is 18.3 Å². The van der Waals surface area contributed by atoms with Crippen molar-refractivity contribution < 1.29 is 4.74 Å². The monoisotopic (exact) mass is 268 g/mol. The van der Waals surface area contributed by atoms with Gasteiger partial charge in [-0.25, -0.2) is 0 Å². The fraction of sp³-hybridized carbons (Fsp3) is 0.294. The molecule has 3 nitrogen and oxygen atoms in total. The second-order valence-electron chi connectivity index (χ2n) is 5.47. The zero-order valence-corrected chi connectivity index (χ0v) is 12.0. The first-order valence-electron chi connectivity index (χ1n) is 6.98. The maximum atomic E-state index is 6.21. The average Bonchev–Trinajstić information content (AvgIpc) is 2.46. The minimum Gasteiger partial charge on any atom is -0.497 e. The number of para-hydroxylation sites is 1. The van der Waals surface area contributed by atoms with Crippen LogP contribution in [0.5, 0.6) is 5.75 Å². The number of methoxy groups -OCH3 is 1. The van der Waals surface area contributed by atoms with Crippen molar-refractivity contribution in [1.29, 1.82) is 0 Å². The van der Waals surface area contributed by atoms with Gasteiger partial charge in [-0.1, -0.05) is 25.1 Å². The third-order valence-corrected chi connectivity index (χ3v) is 3.87. The summed E-state index contributed by atoms with van der Waals surface area (Å²) in [6.45, 7) is 3.27. The molecular weight excluding hydrogens is 248 g/mol. The van der Waals surface area contributed by atoms with E-state index >= 15 is 0 Å². The highest BCUT2D eigenvalue weighted by Gasteiger charge is 2.23. The Bertz CT molecular complexity index is 624. The van der Waals surface area contributed by atoms with Gasteiger partial charge in [0.1, 0.15) is 5.75 Å². The number of benzene rings is 2. The Morgan fingerprint density at radius 2 is 1.95 bits per heavy atom. The van der Waals surface area contributed by atoms with Gasteiger partial charge in [0.25, 0.3) is 0 Å². The molecule has 1 unspecified atom stereocenters. The van der Waals surface area contributed by atoms with E-state index in [2.05, 4.69) is 36.1 Å². The fourth-order valence-corrected chi connectivity index (χ4v) is 2.93. The number of hydrogen-bond donors (Lipinski definition) is 1. The van der Waals surface area contributed by atoms with Gasteiger partial charge in [0.2, 0.25) is 0 Å². The molecule has 2 aromatic rings. The number of ether oxygens (including phenoxy) is 1. The molecule has 3 rings (SSSR count). The molecule has 0 bridgehead atoms. The normalized spacial score (nSPS) is 17.7. The highest BCUT2D eigenvalue weighted by atomic mass is 16.5. The molecule has 1 aliphatic heterocycles. The molecule has 0 aliphatic carbocycles. The van der Waals surface area contributed by atoms with Crippen LogP contribution in [0.15, 0.2) is 42.5 Å². The number of nitrogens with zero attached hydrogens (tertiary/aromatic N) is 1. The third-order valence-electron chi connectivity index (χ3n) is 3.87. The molecule has 2 aromatic carbocycles. The first-order chi connectivity index (χ1) is 9.69. The zero-order chi connectivity index (χ0) is 14.1. The van der Waals surface area contributed by atoms with Crippen LogP contribution in [0, 0.1) is 5.92 Å². The molecule has 0 radical (unpaired) electrons. The Hall–Kier alpha value is -2.16. The summed E-state index contributed by atoms with van der Waals surface area (Å²) in [6.07, 6.45) is 1.13. The van der Waals surface area contributed by atoms with Crippen molar-refractivity contribution in [1.82, 2.24) is 0 Å². The second kappa shape index (κ2) is 5.08. The topological polar surface area (TPSA) is 38.5 Å². The van der Waals surface area contributed by atoms with Crippen molar-refractivity contribution in [3.8, 4) is 5.75 Å². The van der Waals surface area contributed by atoms with Crippen molar-refractivity contribution >= 4 is 17.1 Å². The summed E-state index contributed by atoms with van der Waals surface area (Å²) < 4.78 is 5.23. The van der Waals surface area contributed by atoms with Crippen molar-refractivity contribution in [3.05, 3.63) is 48.0 Å². The molecule has 3 heteroatoms. The summed E-state index contributed by atoms with van der Waals surface area (Å²) in [6, 6.07) is 14.5. The standard InChI is InChI=1S/C17H20N2O/c1-12-9-13-5-3-4-6-16(13)19(11-12)17-8-7-14(20-2)10-15(17)18/h3-8,10,12H,9,11,18H2,1-2H3. The van der Waals surface area contributed by atoms with Gasteiger partial charge >= 0.3 is 0 Å². The number of anilines is 3. The van der Waals surface area contributed by atoms with Gasteiger partial charge in [-0.15, -0.1) is 0 Å². The zero-order valence-electron chi connectivity index (χ0n) is 12.0. The van der Waals surface area contributed by atoms with Gasteiger partial charge in [0.05, 0.1) is 18.5 Å². The van der Waals surface area contributed by atoms with E-state index in [1.165, 1.54) is 11.3 Å². The van der Waals surface area contributed by atoms with E-state index in [4.69, 9.17) is 10.5 Å². The smallest absolute Gasteiger partial charge is 0.121 e. The molecule has 1 aliphatic rings. The lowest BCUT2D eigenvalue weighted by Gasteiger charge is -2.35. The van der Waals surface area contributed by atoms with Crippen molar-refractivity contribution in [2.75, 3.05) is 24.3 Å². The predicted molar refractivity (Wildman–Crippen MR) is 83.7 cm³/mol. The van der Waals surface area contributed by atoms with Crippen molar-refractivity contribution in [2.45, 2.75) is 13.3 Å². The number of nitrogens with two attached hydrogens (primary N) is 1. The molecule has 104 valence electrons. The predicted octanol–water partition coefficient (Wildman–Crippen LogP) is 3.61. The van der Waals surface area contributed by atoms with E-state index in [1.807, 2.05) is 18.2 Å². The summed E-state index contributed by atoms with van der Waals surface area (Å²) in [5, 5.41) is 0. The van der Waals surface area contributed by atoms with Crippen molar-refractivity contribution in [2.24, 2.45) is 5.92 Å². The quantitative estimate of drug-likeness (QED) is 0.846.